The van der Waals surface area contributed by atoms with E-state index in [0.717, 1.165) is 16.8 Å². The van der Waals surface area contributed by atoms with Crippen LogP contribution in [-0.2, 0) is 11.3 Å². The van der Waals surface area contributed by atoms with Crippen LogP contribution < -0.4 is 10.6 Å². The first-order valence-electron chi connectivity index (χ1n) is 8.95. The molecule has 0 saturated carbocycles. The number of nitrogen functional groups attached to an aromatic ring is 1. The number of thiazole rings is 1. The van der Waals surface area contributed by atoms with Gasteiger partial charge >= 0.3 is 0 Å². The number of carbonyl (C=O) groups excluding carboxylic acids is 1. The molecule has 2 aromatic heterocycles. The molecular formula is C20H17FN6OS2. The van der Waals surface area contributed by atoms with Crippen LogP contribution in [0.2, 0.25) is 0 Å². The van der Waals surface area contributed by atoms with E-state index in [4.69, 9.17) is 5.73 Å². The van der Waals surface area contributed by atoms with Crippen molar-refractivity contribution in [2.75, 3.05) is 16.4 Å². The first-order chi connectivity index (χ1) is 14.6. The predicted octanol–water partition coefficient (Wildman–Crippen LogP) is 3.98. The van der Waals surface area contributed by atoms with Crippen LogP contribution in [-0.4, -0.2) is 31.8 Å². The Bertz CT molecular complexity index is 1130. The van der Waals surface area contributed by atoms with E-state index in [1.54, 1.807) is 17.0 Å². The number of nitrogens with one attached hydrogen (secondary N) is 1. The van der Waals surface area contributed by atoms with Gasteiger partial charge in [0, 0.05) is 10.9 Å². The number of benzene rings is 2. The molecule has 0 fully saturated rings. The van der Waals surface area contributed by atoms with E-state index in [9.17, 15) is 9.18 Å². The average Bonchev–Trinajstić information content (AvgIpc) is 3.41. The van der Waals surface area contributed by atoms with Gasteiger partial charge in [0.25, 0.3) is 0 Å². The molecule has 1 amide bonds. The number of hydrogen-bond donors (Lipinski definition) is 2. The lowest BCUT2D eigenvalue weighted by molar-refractivity contribution is -0.116. The monoisotopic (exact) mass is 440 g/mol. The van der Waals surface area contributed by atoms with Gasteiger partial charge in [0.1, 0.15) is 5.82 Å². The lowest BCUT2D eigenvalue weighted by atomic mass is 10.2. The van der Waals surface area contributed by atoms with E-state index >= 15 is 0 Å². The van der Waals surface area contributed by atoms with Gasteiger partial charge in [-0.05, 0) is 17.7 Å². The second-order valence-electron chi connectivity index (χ2n) is 6.28. The maximum atomic E-state index is 13.3. The number of halogens is 1. The summed E-state index contributed by atoms with van der Waals surface area (Å²) in [4.78, 5) is 23.3. The maximum absolute atomic E-state index is 13.3. The molecule has 152 valence electrons. The highest BCUT2D eigenvalue weighted by atomic mass is 32.2. The minimum absolute atomic E-state index is 0.110. The second kappa shape index (κ2) is 9.06. The number of carbonyl (C=O) groups is 1. The third-order valence-corrected chi connectivity index (χ3v) is 5.85. The number of nitrogens with two attached hydrogens (primary N) is 1. The molecule has 4 rings (SSSR count). The number of H-pyrrole nitrogens is 1. The molecule has 4 aromatic rings. The standard InChI is InChI=1S/C20H17FN6OS2/c21-15-8-6-13(7-9-15)10-27(17(28)12-29-19-24-18(22)25-26-19)20-23-16(11-30-20)14-4-2-1-3-5-14/h1-9,11H,10,12H2,(H3,22,24,25,26). The summed E-state index contributed by atoms with van der Waals surface area (Å²) in [5.41, 5.74) is 8.10. The Morgan fingerprint density at radius 2 is 1.90 bits per heavy atom. The Hall–Kier alpha value is -3.24. The Balaban J connectivity index is 1.57. The smallest absolute Gasteiger partial charge is 0.239 e. The van der Waals surface area contributed by atoms with Crippen molar-refractivity contribution in [2.45, 2.75) is 11.7 Å². The van der Waals surface area contributed by atoms with Crippen LogP contribution in [0, 0.1) is 5.82 Å². The highest BCUT2D eigenvalue weighted by molar-refractivity contribution is 7.99. The highest BCUT2D eigenvalue weighted by Gasteiger charge is 2.21. The molecule has 0 atom stereocenters. The molecule has 7 nitrogen and oxygen atoms in total. The fourth-order valence-electron chi connectivity index (χ4n) is 2.69. The van der Waals surface area contributed by atoms with Crippen LogP contribution in [0.1, 0.15) is 5.56 Å². The number of rotatable bonds is 7. The fourth-order valence-corrected chi connectivity index (χ4v) is 4.22. The van der Waals surface area contributed by atoms with E-state index in [0.29, 0.717) is 10.3 Å². The predicted molar refractivity (Wildman–Crippen MR) is 117 cm³/mol. The topological polar surface area (TPSA) is 101 Å². The summed E-state index contributed by atoms with van der Waals surface area (Å²) >= 11 is 2.56. The Morgan fingerprint density at radius 3 is 2.60 bits per heavy atom. The number of thioether (sulfide) groups is 1. The Morgan fingerprint density at radius 1 is 1.13 bits per heavy atom. The number of amides is 1. The van der Waals surface area contributed by atoms with Crippen LogP contribution in [0.3, 0.4) is 0 Å². The molecule has 2 aromatic carbocycles. The summed E-state index contributed by atoms with van der Waals surface area (Å²) in [6.45, 7) is 0.275. The van der Waals surface area contributed by atoms with Gasteiger partial charge in [-0.3, -0.25) is 9.69 Å². The minimum atomic E-state index is -0.324. The zero-order valence-electron chi connectivity index (χ0n) is 15.7. The fraction of sp³-hybridized carbons (Fsp3) is 0.100. The van der Waals surface area contributed by atoms with Gasteiger partial charge in [-0.15, -0.1) is 16.4 Å². The van der Waals surface area contributed by atoms with Crippen molar-refractivity contribution >= 4 is 40.1 Å². The minimum Gasteiger partial charge on any atom is -0.368 e. The number of aromatic nitrogens is 4. The lowest BCUT2D eigenvalue weighted by Crippen LogP contribution is -2.31. The molecule has 0 aliphatic heterocycles. The molecule has 2 heterocycles. The normalized spacial score (nSPS) is 10.8. The van der Waals surface area contributed by atoms with Crippen molar-refractivity contribution in [1.82, 2.24) is 20.2 Å². The van der Waals surface area contributed by atoms with Gasteiger partial charge in [-0.1, -0.05) is 54.2 Å². The molecule has 0 radical (unpaired) electrons. The summed E-state index contributed by atoms with van der Waals surface area (Å²) in [6, 6.07) is 15.8. The number of nitrogens with zero attached hydrogens (tertiary/aromatic N) is 4. The van der Waals surface area contributed by atoms with E-state index in [-0.39, 0.29) is 30.0 Å². The van der Waals surface area contributed by atoms with Crippen molar-refractivity contribution in [3.63, 3.8) is 0 Å². The summed E-state index contributed by atoms with van der Waals surface area (Å²) in [7, 11) is 0. The molecule has 10 heteroatoms. The van der Waals surface area contributed by atoms with E-state index < -0.39 is 0 Å². The number of anilines is 2. The largest absolute Gasteiger partial charge is 0.368 e. The summed E-state index contributed by atoms with van der Waals surface area (Å²) in [5, 5.41) is 9.36. The van der Waals surface area contributed by atoms with Gasteiger partial charge in [0.15, 0.2) is 5.13 Å². The number of aromatic amines is 1. The van der Waals surface area contributed by atoms with Gasteiger partial charge in [0.05, 0.1) is 18.0 Å². The SMILES string of the molecule is Nc1nc(SCC(=O)N(Cc2ccc(F)cc2)c2nc(-c3ccccc3)cs2)n[nH]1. The number of hydrogen-bond acceptors (Lipinski definition) is 7. The van der Waals surface area contributed by atoms with Crippen LogP contribution >= 0.6 is 23.1 Å². The first-order valence-corrected chi connectivity index (χ1v) is 10.8. The Labute approximate surface area is 180 Å². The zero-order chi connectivity index (χ0) is 20.9. The van der Waals surface area contributed by atoms with Crippen molar-refractivity contribution < 1.29 is 9.18 Å². The molecule has 0 unspecified atom stereocenters. The summed E-state index contributed by atoms with van der Waals surface area (Å²) in [5.74, 6) is -0.184. The molecule has 0 aliphatic carbocycles. The summed E-state index contributed by atoms with van der Waals surface area (Å²) < 4.78 is 13.3. The third kappa shape index (κ3) is 4.84. The van der Waals surface area contributed by atoms with Crippen molar-refractivity contribution in [3.8, 4) is 11.3 Å². The molecule has 30 heavy (non-hydrogen) atoms. The van der Waals surface area contributed by atoms with Crippen molar-refractivity contribution in [3.05, 3.63) is 71.4 Å². The van der Waals surface area contributed by atoms with Gasteiger partial charge in [-0.25, -0.2) is 14.5 Å². The van der Waals surface area contributed by atoms with Crippen LogP contribution in [0.5, 0.6) is 0 Å². The first kappa shape index (κ1) is 20.0. The van der Waals surface area contributed by atoms with E-state index in [2.05, 4.69) is 20.2 Å². The molecule has 3 N–H and O–H groups in total. The highest BCUT2D eigenvalue weighted by Crippen LogP contribution is 2.29. The quantitative estimate of drug-likeness (QED) is 0.422. The van der Waals surface area contributed by atoms with E-state index in [1.807, 2.05) is 35.7 Å². The van der Waals surface area contributed by atoms with Crippen LogP contribution in [0.25, 0.3) is 11.3 Å². The Kier molecular flexibility index (Phi) is 6.05. The third-order valence-electron chi connectivity index (χ3n) is 4.15. The van der Waals surface area contributed by atoms with E-state index in [1.165, 1.54) is 35.2 Å². The molecular weight excluding hydrogens is 423 g/mol. The zero-order valence-corrected chi connectivity index (χ0v) is 17.3. The van der Waals surface area contributed by atoms with Crippen molar-refractivity contribution in [2.24, 2.45) is 0 Å². The molecule has 0 saturated heterocycles. The van der Waals surface area contributed by atoms with Gasteiger partial charge < -0.3 is 5.73 Å². The maximum Gasteiger partial charge on any atom is 0.239 e. The molecule has 0 bridgehead atoms. The van der Waals surface area contributed by atoms with Gasteiger partial charge in [-0.2, -0.15) is 4.98 Å². The molecule has 0 spiro atoms. The van der Waals surface area contributed by atoms with Gasteiger partial charge in [0.2, 0.25) is 17.0 Å². The van der Waals surface area contributed by atoms with Crippen molar-refractivity contribution in [1.29, 1.82) is 0 Å². The average molecular weight is 441 g/mol. The van der Waals surface area contributed by atoms with Crippen LogP contribution in [0.15, 0.2) is 65.1 Å². The lowest BCUT2D eigenvalue weighted by Gasteiger charge is -2.19. The van der Waals surface area contributed by atoms with Crippen LogP contribution in [0.4, 0.5) is 15.5 Å². The second-order valence-corrected chi connectivity index (χ2v) is 8.06. The summed E-state index contributed by atoms with van der Waals surface area (Å²) in [6.07, 6.45) is 0. The molecule has 0 aliphatic rings.